The number of fused-ring (bicyclic) bond motifs is 1. The van der Waals surface area contributed by atoms with Gasteiger partial charge in [-0.25, -0.2) is 0 Å². The van der Waals surface area contributed by atoms with Crippen LogP contribution in [-0.2, 0) is 12.8 Å². The monoisotopic (exact) mass is 256 g/mol. The molecule has 3 heteroatoms. The topological polar surface area (TPSA) is 39.4 Å². The number of benzene rings is 1. The number of methoxy groups -OCH3 is 1. The Labute approximate surface area is 111 Å². The number of aryl methyl sites for hydroxylation is 1. The molecule has 19 heavy (non-hydrogen) atoms. The van der Waals surface area contributed by atoms with Crippen LogP contribution in [0.2, 0.25) is 0 Å². The van der Waals surface area contributed by atoms with E-state index >= 15 is 0 Å². The van der Waals surface area contributed by atoms with E-state index in [0.717, 1.165) is 48.3 Å². The fraction of sp³-hybridized carbons (Fsp3) is 0.312. The number of rotatable bonds is 2. The second-order valence-electron chi connectivity index (χ2n) is 4.81. The first-order valence-corrected chi connectivity index (χ1v) is 6.58. The van der Waals surface area contributed by atoms with E-state index in [1.165, 1.54) is 0 Å². The van der Waals surface area contributed by atoms with Gasteiger partial charge in [-0.3, -0.25) is 4.79 Å². The molecule has 0 aliphatic heterocycles. The zero-order chi connectivity index (χ0) is 13.2. The summed E-state index contributed by atoms with van der Waals surface area (Å²) in [6, 6.07) is 9.16. The number of ether oxygens (including phenoxy) is 1. The van der Waals surface area contributed by atoms with Gasteiger partial charge in [-0.1, -0.05) is 0 Å². The van der Waals surface area contributed by atoms with Crippen molar-refractivity contribution in [2.45, 2.75) is 25.7 Å². The first kappa shape index (κ1) is 12.0. The number of hydrogen-bond acceptors (Lipinski definition) is 3. The fourth-order valence-electron chi connectivity index (χ4n) is 2.52. The van der Waals surface area contributed by atoms with Gasteiger partial charge in [-0.15, -0.1) is 0 Å². The van der Waals surface area contributed by atoms with Gasteiger partial charge < -0.3 is 9.15 Å². The van der Waals surface area contributed by atoms with Crippen molar-refractivity contribution >= 4 is 0 Å². The maximum atomic E-state index is 12.1. The van der Waals surface area contributed by atoms with Gasteiger partial charge >= 0.3 is 0 Å². The zero-order valence-corrected chi connectivity index (χ0v) is 10.9. The minimum Gasteiger partial charge on any atom is -0.497 e. The molecule has 0 amide bonds. The lowest BCUT2D eigenvalue weighted by Gasteiger charge is -2.14. The highest BCUT2D eigenvalue weighted by Gasteiger charge is 2.16. The van der Waals surface area contributed by atoms with Crippen molar-refractivity contribution in [1.82, 2.24) is 0 Å². The minimum atomic E-state index is 0.103. The lowest BCUT2D eigenvalue weighted by Crippen LogP contribution is -2.15. The summed E-state index contributed by atoms with van der Waals surface area (Å²) in [7, 11) is 1.63. The van der Waals surface area contributed by atoms with Crippen molar-refractivity contribution < 1.29 is 9.15 Å². The van der Waals surface area contributed by atoms with E-state index in [1.54, 1.807) is 13.2 Å². The Balaban J connectivity index is 2.05. The lowest BCUT2D eigenvalue weighted by atomic mass is 9.96. The Morgan fingerprint density at radius 2 is 1.84 bits per heavy atom. The van der Waals surface area contributed by atoms with E-state index in [-0.39, 0.29) is 5.43 Å². The molecule has 0 unspecified atom stereocenters. The van der Waals surface area contributed by atoms with Gasteiger partial charge in [0.15, 0.2) is 5.43 Å². The van der Waals surface area contributed by atoms with Gasteiger partial charge in [0, 0.05) is 23.6 Å². The van der Waals surface area contributed by atoms with Gasteiger partial charge in [-0.05, 0) is 43.5 Å². The molecular formula is C16H16O3. The normalized spacial score (nSPS) is 13.9. The molecule has 0 saturated heterocycles. The van der Waals surface area contributed by atoms with Crippen LogP contribution in [0.4, 0.5) is 0 Å². The van der Waals surface area contributed by atoms with Crippen LogP contribution in [0.25, 0.3) is 11.3 Å². The summed E-state index contributed by atoms with van der Waals surface area (Å²) in [6.07, 6.45) is 3.90. The second-order valence-corrected chi connectivity index (χ2v) is 4.81. The lowest BCUT2D eigenvalue weighted by molar-refractivity contribution is 0.414. The van der Waals surface area contributed by atoms with Crippen molar-refractivity contribution in [1.29, 1.82) is 0 Å². The molecule has 0 radical (unpaired) electrons. The van der Waals surface area contributed by atoms with Crippen LogP contribution in [0.5, 0.6) is 5.75 Å². The first-order valence-electron chi connectivity index (χ1n) is 6.58. The Kier molecular flexibility index (Phi) is 3.11. The Morgan fingerprint density at radius 3 is 2.58 bits per heavy atom. The van der Waals surface area contributed by atoms with Crippen LogP contribution in [0.15, 0.2) is 39.5 Å². The van der Waals surface area contributed by atoms with E-state index in [1.807, 2.05) is 24.3 Å². The van der Waals surface area contributed by atoms with E-state index < -0.39 is 0 Å². The highest BCUT2D eigenvalue weighted by molar-refractivity contribution is 5.58. The standard InChI is InChI=1S/C16H16O3/c1-18-12-8-6-11(7-9-12)16-10-14(17)13-4-2-3-5-15(13)19-16/h6-10H,2-5H2,1H3. The summed E-state index contributed by atoms with van der Waals surface area (Å²) in [4.78, 5) is 12.1. The summed E-state index contributed by atoms with van der Waals surface area (Å²) in [6.45, 7) is 0. The van der Waals surface area contributed by atoms with E-state index in [9.17, 15) is 4.79 Å². The average molecular weight is 256 g/mol. The molecule has 0 N–H and O–H groups in total. The van der Waals surface area contributed by atoms with E-state index in [2.05, 4.69) is 0 Å². The van der Waals surface area contributed by atoms with Crippen LogP contribution in [0.1, 0.15) is 24.2 Å². The first-order chi connectivity index (χ1) is 9.28. The van der Waals surface area contributed by atoms with Crippen molar-refractivity contribution in [3.8, 4) is 17.1 Å². The van der Waals surface area contributed by atoms with Crippen LogP contribution in [0.3, 0.4) is 0 Å². The van der Waals surface area contributed by atoms with E-state index in [4.69, 9.17) is 9.15 Å². The van der Waals surface area contributed by atoms with Crippen LogP contribution in [-0.4, -0.2) is 7.11 Å². The maximum Gasteiger partial charge on any atom is 0.188 e. The van der Waals surface area contributed by atoms with Crippen molar-refractivity contribution in [3.63, 3.8) is 0 Å². The summed E-state index contributed by atoms with van der Waals surface area (Å²) in [5.74, 6) is 2.31. The van der Waals surface area contributed by atoms with Crippen LogP contribution >= 0.6 is 0 Å². The predicted octanol–water partition coefficient (Wildman–Crippen LogP) is 3.19. The van der Waals surface area contributed by atoms with Gasteiger partial charge in [0.1, 0.15) is 17.3 Å². The molecule has 1 aliphatic rings. The summed E-state index contributed by atoms with van der Waals surface area (Å²) in [5.41, 5.74) is 1.88. The molecule has 1 aliphatic carbocycles. The molecule has 0 spiro atoms. The SMILES string of the molecule is COc1ccc(-c2cc(=O)c3c(o2)CCCC3)cc1. The molecule has 1 aromatic carbocycles. The predicted molar refractivity (Wildman–Crippen MR) is 73.6 cm³/mol. The van der Waals surface area contributed by atoms with Gasteiger partial charge in [0.25, 0.3) is 0 Å². The molecule has 1 heterocycles. The third-order valence-electron chi connectivity index (χ3n) is 3.58. The molecule has 3 nitrogen and oxygen atoms in total. The summed E-state index contributed by atoms with van der Waals surface area (Å²) >= 11 is 0. The molecule has 0 fully saturated rings. The molecular weight excluding hydrogens is 240 g/mol. The summed E-state index contributed by atoms with van der Waals surface area (Å²) < 4.78 is 11.0. The van der Waals surface area contributed by atoms with Gasteiger partial charge in [0.2, 0.25) is 0 Å². The van der Waals surface area contributed by atoms with Crippen LogP contribution < -0.4 is 10.2 Å². The molecule has 2 aromatic rings. The average Bonchev–Trinajstić information content (AvgIpc) is 2.47. The third-order valence-corrected chi connectivity index (χ3v) is 3.58. The van der Waals surface area contributed by atoms with Gasteiger partial charge in [0.05, 0.1) is 7.11 Å². The minimum absolute atomic E-state index is 0.103. The fourth-order valence-corrected chi connectivity index (χ4v) is 2.52. The second kappa shape index (κ2) is 4.92. The molecule has 0 bridgehead atoms. The summed E-state index contributed by atoms with van der Waals surface area (Å²) in [5, 5.41) is 0. The highest BCUT2D eigenvalue weighted by Crippen LogP contribution is 2.26. The molecule has 0 atom stereocenters. The van der Waals surface area contributed by atoms with Crippen molar-refractivity contribution in [2.24, 2.45) is 0 Å². The highest BCUT2D eigenvalue weighted by atomic mass is 16.5. The molecule has 0 saturated carbocycles. The maximum absolute atomic E-state index is 12.1. The Morgan fingerprint density at radius 1 is 1.11 bits per heavy atom. The van der Waals surface area contributed by atoms with Crippen molar-refractivity contribution in [2.75, 3.05) is 7.11 Å². The largest absolute Gasteiger partial charge is 0.497 e. The molecule has 98 valence electrons. The van der Waals surface area contributed by atoms with Crippen LogP contribution in [0, 0.1) is 0 Å². The third kappa shape index (κ3) is 2.28. The van der Waals surface area contributed by atoms with Gasteiger partial charge in [-0.2, -0.15) is 0 Å². The quantitative estimate of drug-likeness (QED) is 0.828. The smallest absolute Gasteiger partial charge is 0.188 e. The van der Waals surface area contributed by atoms with E-state index in [0.29, 0.717) is 5.76 Å². The Hall–Kier alpha value is -2.03. The number of hydrogen-bond donors (Lipinski definition) is 0. The zero-order valence-electron chi connectivity index (χ0n) is 10.9. The van der Waals surface area contributed by atoms with Crippen molar-refractivity contribution in [3.05, 3.63) is 51.9 Å². The molecule has 3 rings (SSSR count). The Bertz CT molecular complexity index is 638. The molecule has 1 aromatic heterocycles.